The summed E-state index contributed by atoms with van der Waals surface area (Å²) < 4.78 is 5.07. The third-order valence-electron chi connectivity index (χ3n) is 3.62. The van der Waals surface area contributed by atoms with Crippen molar-refractivity contribution < 1.29 is 4.74 Å². The van der Waals surface area contributed by atoms with Crippen molar-refractivity contribution in [3.8, 4) is 0 Å². The van der Waals surface area contributed by atoms with Crippen molar-refractivity contribution in [3.05, 3.63) is 0 Å². The number of nitrogens with one attached hydrogen (secondary N) is 1. The first kappa shape index (κ1) is 12.0. The van der Waals surface area contributed by atoms with Crippen molar-refractivity contribution in [3.63, 3.8) is 0 Å². The van der Waals surface area contributed by atoms with Gasteiger partial charge in [0.15, 0.2) is 0 Å². The zero-order valence-corrected chi connectivity index (χ0v) is 9.94. The molecule has 0 bridgehead atoms. The van der Waals surface area contributed by atoms with Crippen molar-refractivity contribution in [1.82, 2.24) is 5.32 Å². The Labute approximate surface area is 88.4 Å². The van der Waals surface area contributed by atoms with Crippen LogP contribution in [0.25, 0.3) is 0 Å². The minimum atomic E-state index is 0.599. The second kappa shape index (κ2) is 5.72. The molecule has 1 rings (SSSR count). The van der Waals surface area contributed by atoms with Gasteiger partial charge in [-0.25, -0.2) is 0 Å². The molecule has 0 aromatic carbocycles. The van der Waals surface area contributed by atoms with Crippen molar-refractivity contribution in [2.24, 2.45) is 5.41 Å². The second-order valence-electron chi connectivity index (χ2n) is 4.99. The normalized spacial score (nSPS) is 32.4. The lowest BCUT2D eigenvalue weighted by atomic mass is 9.83. The van der Waals surface area contributed by atoms with E-state index in [0.717, 1.165) is 12.6 Å². The Morgan fingerprint density at radius 3 is 2.79 bits per heavy atom. The van der Waals surface area contributed by atoms with Gasteiger partial charge in [-0.1, -0.05) is 13.3 Å². The quantitative estimate of drug-likeness (QED) is 0.664. The van der Waals surface area contributed by atoms with Crippen LogP contribution in [0.1, 0.15) is 45.4 Å². The lowest BCUT2D eigenvalue weighted by molar-refractivity contribution is 0.183. The maximum absolute atomic E-state index is 5.07. The second-order valence-corrected chi connectivity index (χ2v) is 4.99. The summed E-state index contributed by atoms with van der Waals surface area (Å²) in [4.78, 5) is 0. The Bertz CT molecular complexity index is 160. The number of hydrogen-bond acceptors (Lipinski definition) is 2. The Balaban J connectivity index is 2.16. The van der Waals surface area contributed by atoms with Gasteiger partial charge in [0.25, 0.3) is 0 Å². The van der Waals surface area contributed by atoms with Gasteiger partial charge in [0.2, 0.25) is 0 Å². The predicted octanol–water partition coefficient (Wildman–Crippen LogP) is 2.58. The molecule has 0 heterocycles. The third kappa shape index (κ3) is 3.58. The van der Waals surface area contributed by atoms with Crippen molar-refractivity contribution in [2.45, 2.75) is 51.5 Å². The fraction of sp³-hybridized carbons (Fsp3) is 1.00. The summed E-state index contributed by atoms with van der Waals surface area (Å²) in [6.45, 7) is 3.36. The van der Waals surface area contributed by atoms with Gasteiger partial charge < -0.3 is 10.1 Å². The zero-order chi connectivity index (χ0) is 10.4. The zero-order valence-electron chi connectivity index (χ0n) is 9.94. The van der Waals surface area contributed by atoms with Crippen molar-refractivity contribution in [2.75, 3.05) is 20.8 Å². The fourth-order valence-electron chi connectivity index (χ4n) is 2.59. The molecule has 2 heteroatoms. The third-order valence-corrected chi connectivity index (χ3v) is 3.62. The molecule has 1 aliphatic carbocycles. The molecule has 2 nitrogen and oxygen atoms in total. The highest BCUT2D eigenvalue weighted by atomic mass is 16.5. The van der Waals surface area contributed by atoms with Crippen LogP contribution in [0.4, 0.5) is 0 Å². The molecular formula is C12H25NO. The molecule has 0 spiro atoms. The number of hydrogen-bond donors (Lipinski definition) is 1. The van der Waals surface area contributed by atoms with E-state index in [0.29, 0.717) is 5.41 Å². The van der Waals surface area contributed by atoms with E-state index in [-0.39, 0.29) is 0 Å². The molecule has 14 heavy (non-hydrogen) atoms. The summed E-state index contributed by atoms with van der Waals surface area (Å²) in [5.74, 6) is 0. The maximum atomic E-state index is 5.07. The largest absolute Gasteiger partial charge is 0.385 e. The van der Waals surface area contributed by atoms with E-state index >= 15 is 0 Å². The van der Waals surface area contributed by atoms with E-state index in [1.807, 2.05) is 0 Å². The summed E-state index contributed by atoms with van der Waals surface area (Å²) in [7, 11) is 3.87. The van der Waals surface area contributed by atoms with E-state index < -0.39 is 0 Å². The topological polar surface area (TPSA) is 21.3 Å². The summed E-state index contributed by atoms with van der Waals surface area (Å²) in [6, 6.07) is 0.766. The molecule has 0 aliphatic heterocycles. The number of unbranched alkanes of at least 4 members (excludes halogenated alkanes) is 1. The molecule has 84 valence electrons. The molecule has 1 fully saturated rings. The average molecular weight is 199 g/mol. The Morgan fingerprint density at radius 1 is 1.43 bits per heavy atom. The van der Waals surface area contributed by atoms with E-state index in [4.69, 9.17) is 4.74 Å². The smallest absolute Gasteiger partial charge is 0.0462 e. The summed E-state index contributed by atoms with van der Waals surface area (Å²) >= 11 is 0. The average Bonchev–Trinajstić information content (AvgIpc) is 2.56. The van der Waals surface area contributed by atoms with E-state index in [2.05, 4.69) is 19.3 Å². The first-order valence-electron chi connectivity index (χ1n) is 5.86. The van der Waals surface area contributed by atoms with Gasteiger partial charge in [0.05, 0.1) is 0 Å². The first-order valence-corrected chi connectivity index (χ1v) is 5.86. The maximum Gasteiger partial charge on any atom is 0.0462 e. The number of ether oxygens (including phenoxy) is 1. The highest BCUT2D eigenvalue weighted by Crippen LogP contribution is 2.41. The fourth-order valence-corrected chi connectivity index (χ4v) is 2.59. The lowest BCUT2D eigenvalue weighted by Gasteiger charge is -2.24. The van der Waals surface area contributed by atoms with Crippen LogP contribution >= 0.6 is 0 Å². The van der Waals surface area contributed by atoms with Gasteiger partial charge in [-0.3, -0.25) is 0 Å². The van der Waals surface area contributed by atoms with Gasteiger partial charge in [-0.15, -0.1) is 0 Å². The minimum absolute atomic E-state index is 0.599. The predicted molar refractivity (Wildman–Crippen MR) is 60.5 cm³/mol. The molecule has 2 unspecified atom stereocenters. The standard InChI is InChI=1S/C12H25NO/c1-12(7-4-5-9-14-3)8-6-11(10-12)13-2/h11,13H,4-10H2,1-3H3. The van der Waals surface area contributed by atoms with Gasteiger partial charge in [-0.05, 0) is 44.6 Å². The van der Waals surface area contributed by atoms with Gasteiger partial charge >= 0.3 is 0 Å². The van der Waals surface area contributed by atoms with Gasteiger partial charge in [-0.2, -0.15) is 0 Å². The molecule has 1 N–H and O–H groups in total. The summed E-state index contributed by atoms with van der Waals surface area (Å²) in [5, 5.41) is 3.40. The van der Waals surface area contributed by atoms with Crippen LogP contribution in [0.2, 0.25) is 0 Å². The lowest BCUT2D eigenvalue weighted by Crippen LogP contribution is -2.23. The minimum Gasteiger partial charge on any atom is -0.385 e. The van der Waals surface area contributed by atoms with Crippen molar-refractivity contribution in [1.29, 1.82) is 0 Å². The molecule has 0 amide bonds. The molecule has 0 radical (unpaired) electrons. The van der Waals surface area contributed by atoms with E-state index in [1.54, 1.807) is 7.11 Å². The first-order chi connectivity index (χ1) is 6.70. The van der Waals surface area contributed by atoms with E-state index in [1.165, 1.54) is 38.5 Å². The monoisotopic (exact) mass is 199 g/mol. The van der Waals surface area contributed by atoms with Crippen LogP contribution < -0.4 is 5.32 Å². The molecule has 0 aromatic rings. The molecule has 0 saturated heterocycles. The van der Waals surface area contributed by atoms with Crippen LogP contribution in [0.3, 0.4) is 0 Å². The Hall–Kier alpha value is -0.0800. The van der Waals surface area contributed by atoms with Crippen LogP contribution in [0.15, 0.2) is 0 Å². The molecule has 1 aliphatic rings. The summed E-state index contributed by atoms with van der Waals surface area (Å²) in [6.07, 6.45) is 8.02. The van der Waals surface area contributed by atoms with Crippen molar-refractivity contribution >= 4 is 0 Å². The van der Waals surface area contributed by atoms with Crippen LogP contribution in [-0.2, 0) is 4.74 Å². The van der Waals surface area contributed by atoms with Gasteiger partial charge in [0, 0.05) is 19.8 Å². The molecule has 1 saturated carbocycles. The molecule has 0 aromatic heterocycles. The number of rotatable bonds is 6. The molecular weight excluding hydrogens is 174 g/mol. The highest BCUT2D eigenvalue weighted by Gasteiger charge is 2.33. The Morgan fingerprint density at radius 2 is 2.21 bits per heavy atom. The Kier molecular flexibility index (Phi) is 4.90. The number of methoxy groups -OCH3 is 1. The van der Waals surface area contributed by atoms with Crippen LogP contribution in [0, 0.1) is 5.41 Å². The van der Waals surface area contributed by atoms with E-state index in [9.17, 15) is 0 Å². The summed E-state index contributed by atoms with van der Waals surface area (Å²) in [5.41, 5.74) is 0.599. The van der Waals surface area contributed by atoms with Gasteiger partial charge in [0.1, 0.15) is 0 Å². The highest BCUT2D eigenvalue weighted by molar-refractivity contribution is 4.88. The van der Waals surface area contributed by atoms with Crippen LogP contribution in [-0.4, -0.2) is 26.8 Å². The molecule has 2 atom stereocenters. The van der Waals surface area contributed by atoms with Crippen LogP contribution in [0.5, 0.6) is 0 Å². The SMILES string of the molecule is CNC1CCC(C)(CCCCOC)C1.